The van der Waals surface area contributed by atoms with Gasteiger partial charge >= 0.3 is 16.3 Å². The Morgan fingerprint density at radius 2 is 0.606 bits per heavy atom. The van der Waals surface area contributed by atoms with E-state index in [0.29, 0.717) is 0 Å². The summed E-state index contributed by atoms with van der Waals surface area (Å²) in [7, 11) is -3.60. The average Bonchev–Trinajstić information content (AvgIpc) is 3.53. The molecule has 0 bridgehead atoms. The van der Waals surface area contributed by atoms with Crippen molar-refractivity contribution >= 4 is 71.6 Å². The second-order valence-corrected chi connectivity index (χ2v) is 20.2. The van der Waals surface area contributed by atoms with Gasteiger partial charge in [0, 0.05) is 43.8 Å². The summed E-state index contributed by atoms with van der Waals surface area (Å²) in [5, 5.41) is 12.1. The molecule has 66 heavy (non-hydrogen) atoms. The molecule has 2 N–H and O–H groups in total. The Labute approximate surface area is 388 Å². The van der Waals surface area contributed by atoms with E-state index >= 15 is 0 Å². The normalized spacial score (nSPS) is 11.5. The summed E-state index contributed by atoms with van der Waals surface area (Å²) in [5.74, 6) is 0. The highest BCUT2D eigenvalue weighted by molar-refractivity contribution is 7.39. The summed E-state index contributed by atoms with van der Waals surface area (Å²) in [6.45, 7) is 21.4. The van der Waals surface area contributed by atoms with E-state index in [1.54, 1.807) is 0 Å². The third kappa shape index (κ3) is 7.89. The van der Waals surface area contributed by atoms with Crippen LogP contribution in [-0.4, -0.2) is 0 Å². The fourth-order valence-corrected chi connectivity index (χ4v) is 12.5. The Kier molecular flexibility index (Phi) is 11.2. The molecule has 10 rings (SSSR count). The van der Waals surface area contributed by atoms with E-state index < -0.39 is 16.3 Å². The van der Waals surface area contributed by atoms with Crippen LogP contribution in [0.2, 0.25) is 0 Å². The number of benzene rings is 8. The van der Waals surface area contributed by atoms with E-state index in [9.17, 15) is 0 Å². The lowest BCUT2D eigenvalue weighted by atomic mass is 9.87. The molecule has 330 valence electrons. The fourth-order valence-electron chi connectivity index (χ4n) is 9.75. The molecule has 6 nitrogen and oxygen atoms in total. The molecule has 0 fully saturated rings. The summed E-state index contributed by atoms with van der Waals surface area (Å²) in [4.78, 5) is 0. The van der Waals surface area contributed by atoms with Crippen molar-refractivity contribution in [1.82, 2.24) is 0 Å². The zero-order chi connectivity index (χ0) is 46.0. The Hall–Kier alpha value is -6.84. The first-order valence-corrected chi connectivity index (χ1v) is 24.9. The number of nitrogens with one attached hydrogen (secondary N) is 2. The van der Waals surface area contributed by atoms with E-state index in [-0.39, 0.29) is 0 Å². The van der Waals surface area contributed by atoms with Gasteiger partial charge in [-0.2, -0.15) is 0 Å². The summed E-state index contributed by atoms with van der Waals surface area (Å²) in [5.41, 5.74) is 22.5. The fraction of sp³-hybridized carbons (Fsp3) is 0.172. The molecule has 0 spiro atoms. The maximum absolute atomic E-state index is 7.12. The van der Waals surface area contributed by atoms with Crippen molar-refractivity contribution in [2.24, 2.45) is 0 Å². The summed E-state index contributed by atoms with van der Waals surface area (Å²) in [6, 6.07) is 47.6. The van der Waals surface area contributed by atoms with Crippen molar-refractivity contribution in [2.45, 2.75) is 69.2 Å². The Bertz CT molecular complexity index is 3270. The van der Waals surface area contributed by atoms with Crippen molar-refractivity contribution < 1.29 is 16.8 Å². The number of anilines is 2. The highest BCUT2D eigenvalue weighted by atomic mass is 31.1. The van der Waals surface area contributed by atoms with E-state index in [2.05, 4.69) is 213 Å². The maximum Gasteiger partial charge on any atom is 0.338 e. The lowest BCUT2D eigenvalue weighted by Gasteiger charge is -2.24. The molecule has 2 heterocycles. The van der Waals surface area contributed by atoms with Gasteiger partial charge in [-0.1, -0.05) is 109 Å². The van der Waals surface area contributed by atoms with Crippen molar-refractivity contribution in [2.75, 3.05) is 10.2 Å². The SMILES string of the molecule is Cc1cc(C)c2op(Nc3c(-c4ccccc4)ccc(C)c3-c3c(C)ccc(-c4ccccc4)c3Np3oc4c(C)cc(C)cc4c4cc(C)cc(C)c4o3)oc3c(C)cc(C)cc3c2c1. The molecule has 0 unspecified atom stereocenters. The first kappa shape index (κ1) is 43.1. The third-order valence-corrected chi connectivity index (χ3v) is 14.8. The molecule has 0 saturated heterocycles. The van der Waals surface area contributed by atoms with Gasteiger partial charge in [0.05, 0.1) is 11.4 Å². The number of aryl methyl sites for hydroxylation is 10. The van der Waals surface area contributed by atoms with Gasteiger partial charge in [0.2, 0.25) is 0 Å². The van der Waals surface area contributed by atoms with Gasteiger partial charge in [0.1, 0.15) is 22.3 Å². The molecule has 0 amide bonds. The second kappa shape index (κ2) is 17.2. The lowest BCUT2D eigenvalue weighted by molar-refractivity contribution is 0.642. The van der Waals surface area contributed by atoms with E-state index in [0.717, 1.165) is 122 Å². The standard InChI is InChI=1S/C58H54N2O4P2/c1-33-25-39(7)55-47(29-33)48-30-34(2)26-40(8)56(48)62-65(61-55)59-53-45(43-17-13-11-14-18-43)23-21-37(5)51(53)52-38(6)22-24-46(44-19-15-12-16-20-44)54(52)60-66-63-57-41(9)27-35(3)31-49(57)50-32-36(4)28-42(10)58(50)64-66/h11-32,59-60H,1-10H3. The molecular formula is C58H54N2O4P2. The van der Waals surface area contributed by atoms with Crippen LogP contribution in [0, 0.1) is 69.2 Å². The molecule has 0 atom stereocenters. The number of hydrogen-bond acceptors (Lipinski definition) is 6. The minimum atomic E-state index is -1.80. The van der Waals surface area contributed by atoms with Crippen LogP contribution >= 0.6 is 16.3 Å². The first-order chi connectivity index (χ1) is 31.8. The largest absolute Gasteiger partial charge is 0.404 e. The second-order valence-electron chi connectivity index (χ2n) is 18.0. The van der Waals surface area contributed by atoms with Crippen molar-refractivity contribution in [1.29, 1.82) is 0 Å². The van der Waals surface area contributed by atoms with Gasteiger partial charge < -0.3 is 16.8 Å². The van der Waals surface area contributed by atoms with Crippen LogP contribution in [0.15, 0.2) is 150 Å². The molecule has 10 aromatic rings. The topological polar surface area (TPSA) is 76.6 Å². The maximum atomic E-state index is 7.12. The van der Waals surface area contributed by atoms with Crippen molar-refractivity contribution in [3.05, 3.63) is 189 Å². The van der Waals surface area contributed by atoms with E-state index in [1.165, 1.54) is 22.3 Å². The van der Waals surface area contributed by atoms with Crippen molar-refractivity contribution in [3.63, 3.8) is 0 Å². The predicted molar refractivity (Wildman–Crippen MR) is 281 cm³/mol. The molecular weight excluding hydrogens is 851 g/mol. The van der Waals surface area contributed by atoms with Crippen LogP contribution in [0.1, 0.15) is 55.6 Å². The highest BCUT2D eigenvalue weighted by Crippen LogP contribution is 2.52. The van der Waals surface area contributed by atoms with Crippen LogP contribution in [0.3, 0.4) is 0 Å². The molecule has 8 heteroatoms. The van der Waals surface area contributed by atoms with Crippen LogP contribution in [0.4, 0.5) is 11.4 Å². The molecule has 0 radical (unpaired) electrons. The summed E-state index contributed by atoms with van der Waals surface area (Å²) in [6.07, 6.45) is 0. The Morgan fingerprint density at radius 3 is 0.894 bits per heavy atom. The van der Waals surface area contributed by atoms with Crippen LogP contribution in [0.25, 0.3) is 77.3 Å². The summed E-state index contributed by atoms with van der Waals surface area (Å²) < 4.78 is 28.5. The van der Waals surface area contributed by atoms with Gasteiger partial charge in [-0.05, 0) is 160 Å². The zero-order valence-corrected chi connectivity index (χ0v) is 41.0. The van der Waals surface area contributed by atoms with Crippen LogP contribution in [0.5, 0.6) is 0 Å². The molecule has 2 aromatic heterocycles. The minimum Gasteiger partial charge on any atom is -0.404 e. The first-order valence-electron chi connectivity index (χ1n) is 22.5. The number of rotatable bonds is 7. The van der Waals surface area contributed by atoms with Crippen molar-refractivity contribution in [3.8, 4) is 33.4 Å². The zero-order valence-electron chi connectivity index (χ0n) is 39.2. The number of fused-ring (bicyclic) bond motifs is 6. The van der Waals surface area contributed by atoms with Gasteiger partial charge in [-0.15, -0.1) is 0 Å². The van der Waals surface area contributed by atoms with Gasteiger partial charge in [0.25, 0.3) is 0 Å². The quantitative estimate of drug-likeness (QED) is 0.166. The minimum absolute atomic E-state index is 0.824. The third-order valence-electron chi connectivity index (χ3n) is 12.6. The van der Waals surface area contributed by atoms with E-state index in [1.807, 2.05) is 0 Å². The molecule has 8 aromatic carbocycles. The Morgan fingerprint density at radius 1 is 0.318 bits per heavy atom. The van der Waals surface area contributed by atoms with Crippen LogP contribution < -0.4 is 10.2 Å². The summed E-state index contributed by atoms with van der Waals surface area (Å²) >= 11 is 0. The monoisotopic (exact) mass is 904 g/mol. The molecule has 0 aliphatic rings. The van der Waals surface area contributed by atoms with Crippen LogP contribution in [-0.2, 0) is 0 Å². The smallest absolute Gasteiger partial charge is 0.338 e. The van der Waals surface area contributed by atoms with Gasteiger partial charge in [-0.3, -0.25) is 10.2 Å². The lowest BCUT2D eigenvalue weighted by Crippen LogP contribution is -2.02. The predicted octanol–water partition coefficient (Wildman–Crippen LogP) is 18.7. The molecule has 0 saturated carbocycles. The highest BCUT2D eigenvalue weighted by Gasteiger charge is 2.25. The van der Waals surface area contributed by atoms with Gasteiger partial charge in [-0.25, -0.2) is 0 Å². The van der Waals surface area contributed by atoms with Gasteiger partial charge in [0.15, 0.2) is 0 Å². The molecule has 0 aliphatic carbocycles. The molecule has 0 aliphatic heterocycles. The number of hydrogen-bond donors (Lipinski definition) is 2. The average molecular weight is 905 g/mol. The Balaban J connectivity index is 1.30. The van der Waals surface area contributed by atoms with E-state index in [4.69, 9.17) is 16.8 Å².